The molecule has 0 bridgehead atoms. The van der Waals surface area contributed by atoms with Gasteiger partial charge < -0.3 is 0 Å². The summed E-state index contributed by atoms with van der Waals surface area (Å²) in [5.41, 5.74) is 0.516. The van der Waals surface area contributed by atoms with Crippen molar-refractivity contribution in [3.05, 3.63) is 45.5 Å². The fourth-order valence-corrected chi connectivity index (χ4v) is 5.09. The molecular weight excluding hydrogens is 378 g/mol. The van der Waals surface area contributed by atoms with Gasteiger partial charge in [0.05, 0.1) is 5.69 Å². The molecule has 0 fully saturated rings. The lowest BCUT2D eigenvalue weighted by Gasteiger charge is -2.01. The Hall–Kier alpha value is -1.68. The molecule has 0 saturated heterocycles. The quantitative estimate of drug-likeness (QED) is 0.698. The van der Waals surface area contributed by atoms with Crippen LogP contribution in [-0.2, 0) is 14.8 Å². The number of aryl methyl sites for hydroxylation is 1. The van der Waals surface area contributed by atoms with Gasteiger partial charge in [0, 0.05) is 22.5 Å². The van der Waals surface area contributed by atoms with Gasteiger partial charge in [0.25, 0.3) is 15.9 Å². The van der Waals surface area contributed by atoms with E-state index in [1.165, 1.54) is 23.5 Å². The molecule has 0 atom stereocenters. The van der Waals surface area contributed by atoms with Crippen LogP contribution in [-0.4, -0.2) is 23.7 Å². The van der Waals surface area contributed by atoms with Crippen LogP contribution in [0.15, 0.2) is 34.0 Å². The highest BCUT2D eigenvalue weighted by Crippen LogP contribution is 2.23. The van der Waals surface area contributed by atoms with Gasteiger partial charge in [0.1, 0.15) is 4.21 Å². The molecule has 3 aromatic heterocycles. The number of carbonyl (C=O) groups excluding carboxylic acids is 1. The zero-order valence-electron chi connectivity index (χ0n) is 11.7. The molecule has 6 nitrogen and oxygen atoms in total. The van der Waals surface area contributed by atoms with Crippen molar-refractivity contribution in [3.63, 3.8) is 0 Å². The summed E-state index contributed by atoms with van der Waals surface area (Å²) in [4.78, 5) is 17.5. The Morgan fingerprint density at radius 3 is 2.91 bits per heavy atom. The first-order valence-corrected chi connectivity index (χ1v) is 9.85. The van der Waals surface area contributed by atoms with Crippen LogP contribution in [0.2, 0.25) is 5.15 Å². The summed E-state index contributed by atoms with van der Waals surface area (Å²) in [6.45, 7) is 1.79. The lowest BCUT2D eigenvalue weighted by molar-refractivity contribution is -0.114. The highest BCUT2D eigenvalue weighted by molar-refractivity contribution is 7.92. The van der Waals surface area contributed by atoms with Crippen LogP contribution in [0.4, 0.5) is 0 Å². The summed E-state index contributed by atoms with van der Waals surface area (Å²) in [7, 11) is -3.86. The van der Waals surface area contributed by atoms with Crippen molar-refractivity contribution in [2.24, 2.45) is 0 Å². The van der Waals surface area contributed by atoms with Crippen LogP contribution in [0.3, 0.4) is 0 Å². The second-order valence-electron chi connectivity index (χ2n) is 4.51. The fraction of sp³-hybridized carbons (Fsp3) is 0.0769. The zero-order chi connectivity index (χ0) is 16.6. The second-order valence-corrected chi connectivity index (χ2v) is 8.94. The first kappa shape index (κ1) is 16.2. The molecule has 0 aliphatic heterocycles. The first-order valence-electron chi connectivity index (χ1n) is 6.29. The van der Waals surface area contributed by atoms with Gasteiger partial charge in [-0.25, -0.2) is 18.1 Å². The minimum atomic E-state index is -3.86. The van der Waals surface area contributed by atoms with Gasteiger partial charge in [-0.05, 0) is 25.1 Å². The molecule has 1 amide bonds. The molecule has 0 saturated carbocycles. The Morgan fingerprint density at radius 2 is 2.22 bits per heavy atom. The molecule has 3 aromatic rings. The van der Waals surface area contributed by atoms with Gasteiger partial charge in [0.15, 0.2) is 10.1 Å². The largest absolute Gasteiger partial charge is 0.289 e. The van der Waals surface area contributed by atoms with E-state index in [9.17, 15) is 13.2 Å². The van der Waals surface area contributed by atoms with Crippen molar-refractivity contribution < 1.29 is 13.2 Å². The molecule has 3 heterocycles. The third-order valence-corrected chi connectivity index (χ3v) is 6.74. The molecule has 0 unspecified atom stereocenters. The molecule has 0 spiro atoms. The van der Waals surface area contributed by atoms with Crippen molar-refractivity contribution >= 4 is 61.2 Å². The van der Waals surface area contributed by atoms with Crippen LogP contribution in [0.25, 0.3) is 11.0 Å². The average molecular weight is 388 g/mol. The van der Waals surface area contributed by atoms with E-state index in [-0.39, 0.29) is 9.36 Å². The molecule has 0 aromatic carbocycles. The van der Waals surface area contributed by atoms with Crippen LogP contribution in [0.5, 0.6) is 0 Å². The second kappa shape index (κ2) is 6.08. The van der Waals surface area contributed by atoms with E-state index in [0.717, 1.165) is 22.3 Å². The zero-order valence-corrected chi connectivity index (χ0v) is 14.9. The number of amides is 1. The molecule has 23 heavy (non-hydrogen) atoms. The third kappa shape index (κ3) is 3.32. The standard InChI is InChI=1S/C13H10ClN3O3S3/c1-8-2-5-11(22-8)23(19,20)16-10(18)4-3-9-12(14)15-13-17(9)6-7-21-13/h2-7H,1H3,(H,16,18)/b4-3+. The molecule has 3 rings (SSSR count). The number of fused-ring (bicyclic) bond motifs is 1. The minimum absolute atomic E-state index is 0.0966. The van der Waals surface area contributed by atoms with Crippen molar-refractivity contribution in [3.8, 4) is 0 Å². The summed E-state index contributed by atoms with van der Waals surface area (Å²) >= 11 is 8.50. The van der Waals surface area contributed by atoms with Gasteiger partial charge in [-0.15, -0.1) is 22.7 Å². The highest BCUT2D eigenvalue weighted by Gasteiger charge is 2.18. The van der Waals surface area contributed by atoms with Crippen LogP contribution < -0.4 is 4.72 Å². The van der Waals surface area contributed by atoms with Crippen molar-refractivity contribution in [1.82, 2.24) is 14.1 Å². The molecule has 0 radical (unpaired) electrons. The maximum absolute atomic E-state index is 12.1. The Bertz CT molecular complexity index is 1010. The number of imidazole rings is 1. The van der Waals surface area contributed by atoms with Gasteiger partial charge >= 0.3 is 0 Å². The van der Waals surface area contributed by atoms with Crippen LogP contribution in [0, 0.1) is 6.92 Å². The predicted molar refractivity (Wildman–Crippen MR) is 91.5 cm³/mol. The molecule has 0 aliphatic rings. The number of hydrogen-bond acceptors (Lipinski definition) is 6. The first-order chi connectivity index (χ1) is 10.9. The van der Waals surface area contributed by atoms with E-state index in [1.54, 1.807) is 23.6 Å². The normalized spacial score (nSPS) is 12.3. The summed E-state index contributed by atoms with van der Waals surface area (Å²) in [6.07, 6.45) is 4.31. The van der Waals surface area contributed by atoms with E-state index in [4.69, 9.17) is 11.6 Å². The average Bonchev–Trinajstić information content (AvgIpc) is 3.13. The number of thiophene rings is 1. The molecule has 120 valence electrons. The Morgan fingerprint density at radius 1 is 1.43 bits per heavy atom. The highest BCUT2D eigenvalue weighted by atomic mass is 35.5. The minimum Gasteiger partial charge on any atom is -0.289 e. The van der Waals surface area contributed by atoms with E-state index in [2.05, 4.69) is 4.98 Å². The fourth-order valence-electron chi connectivity index (χ4n) is 1.85. The number of nitrogens with one attached hydrogen (secondary N) is 1. The maximum atomic E-state index is 12.1. The van der Waals surface area contributed by atoms with Gasteiger partial charge in [0.2, 0.25) is 0 Å². The molecule has 10 heteroatoms. The van der Waals surface area contributed by atoms with Gasteiger partial charge in [-0.1, -0.05) is 11.6 Å². The van der Waals surface area contributed by atoms with Gasteiger partial charge in [-0.2, -0.15) is 0 Å². The number of sulfonamides is 1. The summed E-state index contributed by atoms with van der Waals surface area (Å²) < 4.78 is 27.9. The number of carbonyl (C=O) groups is 1. The Labute approximate surface area is 145 Å². The molecule has 1 N–H and O–H groups in total. The van der Waals surface area contributed by atoms with Crippen molar-refractivity contribution in [1.29, 1.82) is 0 Å². The van der Waals surface area contributed by atoms with Crippen LogP contribution >= 0.6 is 34.3 Å². The third-order valence-electron chi connectivity index (χ3n) is 2.86. The van der Waals surface area contributed by atoms with E-state index in [1.807, 2.05) is 10.1 Å². The summed E-state index contributed by atoms with van der Waals surface area (Å²) in [5.74, 6) is -0.753. The number of rotatable bonds is 4. The summed E-state index contributed by atoms with van der Waals surface area (Å²) in [6, 6.07) is 3.14. The Balaban J connectivity index is 1.79. The predicted octanol–water partition coefficient (Wildman–Crippen LogP) is 2.94. The van der Waals surface area contributed by atoms with Crippen LogP contribution in [0.1, 0.15) is 10.6 Å². The topological polar surface area (TPSA) is 80.5 Å². The molecular formula is C13H10ClN3O3S3. The Kier molecular flexibility index (Phi) is 4.28. The van der Waals surface area contributed by atoms with Crippen molar-refractivity contribution in [2.45, 2.75) is 11.1 Å². The number of thiazole rings is 1. The smallest absolute Gasteiger partial charge is 0.273 e. The number of hydrogen-bond donors (Lipinski definition) is 1. The van der Waals surface area contributed by atoms with E-state index in [0.29, 0.717) is 10.7 Å². The van der Waals surface area contributed by atoms with Gasteiger partial charge in [-0.3, -0.25) is 9.20 Å². The SMILES string of the molecule is Cc1ccc(S(=O)(=O)NC(=O)/C=C/c2c(Cl)nc3sccn23)s1. The number of nitrogens with zero attached hydrogens (tertiary/aromatic N) is 2. The number of halogens is 1. The number of aromatic nitrogens is 2. The van der Waals surface area contributed by atoms with E-state index < -0.39 is 15.9 Å². The van der Waals surface area contributed by atoms with Crippen molar-refractivity contribution in [2.75, 3.05) is 0 Å². The maximum Gasteiger partial charge on any atom is 0.273 e. The molecule has 0 aliphatic carbocycles. The van der Waals surface area contributed by atoms with E-state index >= 15 is 0 Å². The lowest BCUT2D eigenvalue weighted by Crippen LogP contribution is -2.28. The summed E-state index contributed by atoms with van der Waals surface area (Å²) in [5, 5.41) is 2.08. The monoisotopic (exact) mass is 387 g/mol. The lowest BCUT2D eigenvalue weighted by atomic mass is 10.4.